The summed E-state index contributed by atoms with van der Waals surface area (Å²) >= 11 is 0. The molecule has 2 aliphatic heterocycles. The Labute approximate surface area is 193 Å². The molecule has 2 aliphatic rings. The predicted octanol–water partition coefficient (Wildman–Crippen LogP) is 2.18. The number of aliphatic hydroxyl groups excluding tert-OH is 1. The highest BCUT2D eigenvalue weighted by Crippen LogP contribution is 2.48. The van der Waals surface area contributed by atoms with Gasteiger partial charge in [0.05, 0.1) is 23.3 Å². The number of fused-ring (bicyclic) bond motifs is 1. The van der Waals surface area contributed by atoms with Crippen LogP contribution in [0.2, 0.25) is 0 Å². The minimum atomic E-state index is -4.39. The van der Waals surface area contributed by atoms with Gasteiger partial charge in [0, 0.05) is 18.7 Å². The highest BCUT2D eigenvalue weighted by Gasteiger charge is 2.48. The van der Waals surface area contributed by atoms with Crippen molar-refractivity contribution in [2.24, 2.45) is 10.2 Å². The Morgan fingerprint density at radius 2 is 2.03 bits per heavy atom. The van der Waals surface area contributed by atoms with Gasteiger partial charge in [-0.3, -0.25) is 14.1 Å². The number of hydrogen-bond acceptors (Lipinski definition) is 6. The minimum absolute atomic E-state index is 0.0949. The molecule has 0 spiro atoms. The van der Waals surface area contributed by atoms with E-state index in [1.807, 2.05) is 20.8 Å². The fourth-order valence-electron chi connectivity index (χ4n) is 3.95. The third kappa shape index (κ3) is 5.08. The van der Waals surface area contributed by atoms with Crippen molar-refractivity contribution in [3.05, 3.63) is 29.5 Å². The van der Waals surface area contributed by atoms with Gasteiger partial charge in [-0.05, 0) is 30.0 Å². The molecule has 1 unspecified atom stereocenters. The summed E-state index contributed by atoms with van der Waals surface area (Å²) in [6.45, 7) is 5.92. The summed E-state index contributed by atoms with van der Waals surface area (Å²) in [4.78, 5) is 25.4. The van der Waals surface area contributed by atoms with Crippen LogP contribution in [-0.4, -0.2) is 53.9 Å². The van der Waals surface area contributed by atoms with Crippen molar-refractivity contribution in [3.8, 4) is 12.3 Å². The number of sulfonamides is 1. The van der Waals surface area contributed by atoms with E-state index in [4.69, 9.17) is 6.42 Å². The van der Waals surface area contributed by atoms with Crippen LogP contribution >= 0.6 is 7.52 Å². The Morgan fingerprint density at radius 3 is 2.61 bits per heavy atom. The van der Waals surface area contributed by atoms with Gasteiger partial charge in [-0.15, -0.1) is 12.3 Å². The molecule has 4 N–H and O–H groups in total. The number of aliphatic hydroxyl groups is 1. The van der Waals surface area contributed by atoms with Crippen LogP contribution in [0, 0.1) is 17.8 Å². The Kier molecular flexibility index (Phi) is 6.41. The van der Waals surface area contributed by atoms with Crippen molar-refractivity contribution in [1.82, 2.24) is 4.90 Å². The molecule has 0 saturated carbocycles. The summed E-state index contributed by atoms with van der Waals surface area (Å²) in [7, 11) is -7.98. The average molecular weight is 495 g/mol. The van der Waals surface area contributed by atoms with E-state index in [1.165, 1.54) is 23.1 Å². The SMILES string of the molecule is C#CCCCN1C(=O)C(C2=NP(=O)(O)c3cc(NS(C)(=O)=O)ccc3N2)=C(O)[C@@H]1C(C)(C)C. The van der Waals surface area contributed by atoms with Gasteiger partial charge < -0.3 is 20.2 Å². The van der Waals surface area contributed by atoms with E-state index in [0.29, 0.717) is 19.4 Å². The van der Waals surface area contributed by atoms with Crippen LogP contribution in [0.15, 0.2) is 34.3 Å². The molecule has 178 valence electrons. The number of rotatable bonds is 6. The number of terminal acetylenes is 1. The Hall–Kier alpha value is -2.80. The zero-order valence-corrected chi connectivity index (χ0v) is 20.5. The summed E-state index contributed by atoms with van der Waals surface area (Å²) in [5.41, 5.74) is -0.428. The predicted molar refractivity (Wildman–Crippen MR) is 128 cm³/mol. The first-order valence-electron chi connectivity index (χ1n) is 10.2. The lowest BCUT2D eigenvalue weighted by molar-refractivity contribution is -0.128. The molecule has 0 aromatic heterocycles. The van der Waals surface area contributed by atoms with Gasteiger partial charge >= 0.3 is 7.52 Å². The van der Waals surface area contributed by atoms with Gasteiger partial charge in [0.15, 0.2) is 5.84 Å². The van der Waals surface area contributed by atoms with E-state index in [-0.39, 0.29) is 33.8 Å². The molecule has 10 nitrogen and oxygen atoms in total. The minimum Gasteiger partial charge on any atom is -0.509 e. The molecule has 33 heavy (non-hydrogen) atoms. The van der Waals surface area contributed by atoms with Crippen LogP contribution in [0.25, 0.3) is 0 Å². The lowest BCUT2D eigenvalue weighted by Gasteiger charge is -2.35. The maximum absolute atomic E-state index is 13.3. The first kappa shape index (κ1) is 24.8. The Bertz CT molecular complexity index is 1260. The topological polar surface area (TPSA) is 148 Å². The third-order valence-corrected chi connectivity index (χ3v) is 7.26. The molecule has 3 rings (SSSR count). The number of amidine groups is 1. The first-order valence-corrected chi connectivity index (χ1v) is 13.7. The quantitative estimate of drug-likeness (QED) is 0.269. The van der Waals surface area contributed by atoms with Gasteiger partial charge in [-0.1, -0.05) is 20.8 Å². The van der Waals surface area contributed by atoms with Crippen LogP contribution in [-0.2, 0) is 19.4 Å². The van der Waals surface area contributed by atoms with Crippen molar-refractivity contribution < 1.29 is 27.8 Å². The van der Waals surface area contributed by atoms with Crippen LogP contribution in [0.3, 0.4) is 0 Å². The van der Waals surface area contributed by atoms with Crippen LogP contribution in [0.4, 0.5) is 11.4 Å². The molecule has 0 fully saturated rings. The maximum atomic E-state index is 13.3. The normalized spacial score (nSPS) is 23.0. The van der Waals surface area contributed by atoms with E-state index in [1.54, 1.807) is 0 Å². The molecular weight excluding hydrogens is 467 g/mol. The number of nitrogens with zero attached hydrogens (tertiary/aromatic N) is 2. The lowest BCUT2D eigenvalue weighted by Crippen LogP contribution is -2.44. The molecule has 0 saturated heterocycles. The molecule has 1 aromatic carbocycles. The average Bonchev–Trinajstić information content (AvgIpc) is 2.90. The Balaban J connectivity index is 2.03. The number of carbonyl (C=O) groups excluding carboxylic acids is 1. The molecule has 0 aliphatic carbocycles. The molecule has 1 amide bonds. The molecular formula is C21H27N4O6PS. The summed E-state index contributed by atoms with van der Waals surface area (Å²) in [5.74, 6) is 1.55. The van der Waals surface area contributed by atoms with Gasteiger partial charge in [-0.2, -0.15) is 4.76 Å². The van der Waals surface area contributed by atoms with E-state index in [2.05, 4.69) is 20.7 Å². The number of anilines is 2. The largest absolute Gasteiger partial charge is 0.509 e. The maximum Gasteiger partial charge on any atom is 0.346 e. The molecule has 0 radical (unpaired) electrons. The zero-order chi connectivity index (χ0) is 24.8. The van der Waals surface area contributed by atoms with E-state index >= 15 is 0 Å². The zero-order valence-electron chi connectivity index (χ0n) is 18.8. The summed E-state index contributed by atoms with van der Waals surface area (Å²) in [6.07, 6.45) is 7.27. The number of amides is 1. The highest BCUT2D eigenvalue weighted by atomic mass is 32.2. The van der Waals surface area contributed by atoms with Crippen molar-refractivity contribution in [3.63, 3.8) is 0 Å². The van der Waals surface area contributed by atoms with Gasteiger partial charge in [0.2, 0.25) is 10.0 Å². The fourth-order valence-corrected chi connectivity index (χ4v) is 5.78. The standard InChI is InChI=1S/C21H27N4O6PS/c1-6-7-8-11-25-18(21(2,3)4)17(26)16(20(25)27)19-22-14-10-9-13(24-33(5,30)31)12-15(14)32(28,29)23-19/h1,9-10,12,18,24,26H,7-8,11H2,2-5H3,(H2,22,23,28,29)/t18-/m1/s1. The smallest absolute Gasteiger partial charge is 0.346 e. The number of unbranched alkanes of at least 4 members (excludes halogenated alkanes) is 1. The van der Waals surface area contributed by atoms with Crippen LogP contribution < -0.4 is 15.3 Å². The van der Waals surface area contributed by atoms with E-state index in [9.17, 15) is 27.8 Å². The van der Waals surface area contributed by atoms with Gasteiger partial charge in [0.25, 0.3) is 5.91 Å². The number of nitrogens with one attached hydrogen (secondary N) is 2. The van der Waals surface area contributed by atoms with Crippen molar-refractivity contribution >= 4 is 46.0 Å². The van der Waals surface area contributed by atoms with E-state index in [0.717, 1.165) is 6.26 Å². The van der Waals surface area contributed by atoms with Crippen molar-refractivity contribution in [1.29, 1.82) is 0 Å². The molecule has 12 heteroatoms. The molecule has 2 heterocycles. The number of carbonyl (C=O) groups is 1. The highest BCUT2D eigenvalue weighted by molar-refractivity contribution is 7.92. The molecule has 0 bridgehead atoms. The number of benzene rings is 1. The monoisotopic (exact) mass is 494 g/mol. The molecule has 2 atom stereocenters. The lowest BCUT2D eigenvalue weighted by atomic mass is 9.85. The summed E-state index contributed by atoms with van der Waals surface area (Å²) in [6, 6.07) is 3.36. The van der Waals surface area contributed by atoms with Gasteiger partial charge in [-0.25, -0.2) is 8.42 Å². The fraction of sp³-hybridized carbons (Fsp3) is 0.429. The van der Waals surface area contributed by atoms with Crippen LogP contribution in [0.1, 0.15) is 33.6 Å². The first-order chi connectivity index (χ1) is 15.2. The van der Waals surface area contributed by atoms with Crippen molar-refractivity contribution in [2.75, 3.05) is 22.8 Å². The van der Waals surface area contributed by atoms with Crippen molar-refractivity contribution in [2.45, 2.75) is 39.7 Å². The second-order valence-electron chi connectivity index (χ2n) is 9.06. The van der Waals surface area contributed by atoms with Crippen LogP contribution in [0.5, 0.6) is 0 Å². The summed E-state index contributed by atoms with van der Waals surface area (Å²) < 4.78 is 42.1. The third-order valence-electron chi connectivity index (χ3n) is 5.18. The Morgan fingerprint density at radius 1 is 1.36 bits per heavy atom. The second-order valence-corrected chi connectivity index (χ2v) is 12.6. The second kappa shape index (κ2) is 8.52. The van der Waals surface area contributed by atoms with E-state index < -0.39 is 34.9 Å². The molecule has 1 aromatic rings. The van der Waals surface area contributed by atoms with Gasteiger partial charge in [0.1, 0.15) is 11.3 Å². The number of hydrogen-bond donors (Lipinski definition) is 4. The summed E-state index contributed by atoms with van der Waals surface area (Å²) in [5, 5.41) is 13.8.